The lowest BCUT2D eigenvalue weighted by atomic mass is 10.2. The summed E-state index contributed by atoms with van der Waals surface area (Å²) in [5.41, 5.74) is 0. The molecule has 0 radical (unpaired) electrons. The largest absolute Gasteiger partial charge is 0.466 e. The molecule has 13 heavy (non-hydrogen) atoms. The van der Waals surface area contributed by atoms with E-state index in [0.717, 1.165) is 6.08 Å². The third-order valence-electron chi connectivity index (χ3n) is 1.27. The molecule has 0 spiro atoms. The van der Waals surface area contributed by atoms with Gasteiger partial charge in [-0.15, -0.1) is 0 Å². The maximum Gasteiger partial charge on any atom is 0.312 e. The molecule has 5 heteroatoms. The van der Waals surface area contributed by atoms with Crippen LogP contribution in [0.15, 0.2) is 11.1 Å². The molecule has 76 valence electrons. The fourth-order valence-corrected chi connectivity index (χ4v) is 0.756. The zero-order valence-electron chi connectivity index (χ0n) is 7.44. The van der Waals surface area contributed by atoms with E-state index in [2.05, 4.69) is 4.74 Å². The van der Waals surface area contributed by atoms with Crippen LogP contribution in [-0.2, 0) is 9.53 Å². The molecule has 0 rings (SSSR count). The van der Waals surface area contributed by atoms with Gasteiger partial charge in [0.25, 0.3) is 5.92 Å². The van der Waals surface area contributed by atoms with Crippen molar-refractivity contribution in [3.8, 4) is 0 Å². The Bertz CT molecular complexity index is 214. The topological polar surface area (TPSA) is 26.3 Å². The van der Waals surface area contributed by atoms with Crippen LogP contribution in [0, 0.1) is 0 Å². The summed E-state index contributed by atoms with van der Waals surface area (Å²) in [7, 11) is 0. The monoisotopic (exact) mass is 212 g/mol. The van der Waals surface area contributed by atoms with Crippen LogP contribution in [0.1, 0.15) is 20.3 Å². The highest BCUT2D eigenvalue weighted by molar-refractivity contribution is 6.30. The quantitative estimate of drug-likeness (QED) is 0.670. The molecule has 0 aromatic carbocycles. The summed E-state index contributed by atoms with van der Waals surface area (Å²) in [6.45, 7) is 3.01. The first-order chi connectivity index (χ1) is 5.94. The minimum atomic E-state index is -3.32. The molecule has 0 saturated heterocycles. The van der Waals surface area contributed by atoms with Gasteiger partial charge in [-0.2, -0.15) is 8.78 Å². The predicted octanol–water partition coefficient (Wildman–Crippen LogP) is 2.72. The second-order valence-electron chi connectivity index (χ2n) is 2.32. The third kappa shape index (κ3) is 4.22. The summed E-state index contributed by atoms with van der Waals surface area (Å²) >= 11 is 5.20. The van der Waals surface area contributed by atoms with Gasteiger partial charge in [0.15, 0.2) is 0 Å². The number of ether oxygens (including phenoxy) is 1. The smallest absolute Gasteiger partial charge is 0.312 e. The van der Waals surface area contributed by atoms with Crippen molar-refractivity contribution in [3.05, 3.63) is 11.1 Å². The van der Waals surface area contributed by atoms with Crippen molar-refractivity contribution < 1.29 is 18.3 Å². The van der Waals surface area contributed by atoms with E-state index in [0.29, 0.717) is 0 Å². The fraction of sp³-hybridized carbons (Fsp3) is 0.625. The first kappa shape index (κ1) is 12.4. The summed E-state index contributed by atoms with van der Waals surface area (Å²) in [6, 6.07) is 0. The van der Waals surface area contributed by atoms with Gasteiger partial charge in [-0.3, -0.25) is 4.79 Å². The van der Waals surface area contributed by atoms with E-state index in [1.54, 1.807) is 6.92 Å². The Morgan fingerprint density at radius 3 is 2.54 bits per heavy atom. The molecule has 0 aliphatic heterocycles. The molecule has 0 aliphatic carbocycles. The zero-order valence-corrected chi connectivity index (χ0v) is 8.20. The summed E-state index contributed by atoms with van der Waals surface area (Å²) in [4.78, 5) is 10.7. The number of hydrogen-bond acceptors (Lipinski definition) is 2. The van der Waals surface area contributed by atoms with Crippen LogP contribution < -0.4 is 0 Å². The summed E-state index contributed by atoms with van der Waals surface area (Å²) < 4.78 is 30.1. The van der Waals surface area contributed by atoms with E-state index in [9.17, 15) is 13.6 Å². The Morgan fingerprint density at radius 1 is 1.62 bits per heavy atom. The van der Waals surface area contributed by atoms with Gasteiger partial charge in [0.05, 0.1) is 11.6 Å². The lowest BCUT2D eigenvalue weighted by molar-refractivity contribution is -0.148. The van der Waals surface area contributed by atoms with E-state index >= 15 is 0 Å². The minimum absolute atomic E-state index is 0.0857. The van der Waals surface area contributed by atoms with Crippen molar-refractivity contribution in [2.24, 2.45) is 0 Å². The second-order valence-corrected chi connectivity index (χ2v) is 2.73. The molecule has 0 N–H and O–H groups in total. The average Bonchev–Trinajstić information content (AvgIpc) is 2.02. The maximum atomic E-state index is 12.9. The Labute approximate surface area is 80.5 Å². The number of alkyl halides is 2. The highest BCUT2D eigenvalue weighted by atomic mass is 35.5. The number of esters is 1. The molecular weight excluding hydrogens is 202 g/mol. The number of halogens is 3. The number of hydrogen-bond donors (Lipinski definition) is 0. The molecule has 0 saturated carbocycles. The molecule has 0 fully saturated rings. The standard InChI is InChI=1S/C8H11ClF2O2/c1-3-6(9)8(10,11)5-7(12)13-4-2/h3H,4-5H2,1-2H3/b6-3-. The highest BCUT2D eigenvalue weighted by Gasteiger charge is 2.36. The van der Waals surface area contributed by atoms with Crippen LogP contribution in [0.4, 0.5) is 8.78 Å². The highest BCUT2D eigenvalue weighted by Crippen LogP contribution is 2.30. The summed E-state index contributed by atoms with van der Waals surface area (Å²) in [5, 5.41) is -0.638. The van der Waals surface area contributed by atoms with Gasteiger partial charge in [0.2, 0.25) is 0 Å². The minimum Gasteiger partial charge on any atom is -0.466 e. The zero-order chi connectivity index (χ0) is 10.5. The van der Waals surface area contributed by atoms with E-state index in [1.165, 1.54) is 6.92 Å². The van der Waals surface area contributed by atoms with Crippen LogP contribution in [0.3, 0.4) is 0 Å². The fourth-order valence-electron chi connectivity index (χ4n) is 0.689. The molecule has 0 unspecified atom stereocenters. The molecule has 0 atom stereocenters. The van der Waals surface area contributed by atoms with Gasteiger partial charge < -0.3 is 4.74 Å². The third-order valence-corrected chi connectivity index (χ3v) is 1.77. The van der Waals surface area contributed by atoms with Gasteiger partial charge in [-0.05, 0) is 13.8 Å². The Morgan fingerprint density at radius 2 is 2.15 bits per heavy atom. The van der Waals surface area contributed by atoms with Crippen LogP contribution >= 0.6 is 11.6 Å². The van der Waals surface area contributed by atoms with Crippen LogP contribution in [0.5, 0.6) is 0 Å². The van der Waals surface area contributed by atoms with Gasteiger partial charge in [-0.1, -0.05) is 17.7 Å². The van der Waals surface area contributed by atoms with Crippen LogP contribution in [0.25, 0.3) is 0 Å². The van der Waals surface area contributed by atoms with E-state index < -0.39 is 23.3 Å². The summed E-state index contributed by atoms with van der Waals surface area (Å²) in [6.07, 6.45) is 0.0464. The molecule has 0 aromatic heterocycles. The lowest BCUT2D eigenvalue weighted by Crippen LogP contribution is -2.22. The average molecular weight is 213 g/mol. The number of carbonyl (C=O) groups is 1. The van der Waals surface area contributed by atoms with Gasteiger partial charge in [0.1, 0.15) is 6.42 Å². The Hall–Kier alpha value is -0.640. The van der Waals surface area contributed by atoms with Crippen LogP contribution in [-0.4, -0.2) is 18.5 Å². The molecule has 0 bridgehead atoms. The lowest BCUT2D eigenvalue weighted by Gasteiger charge is -2.13. The molecule has 0 amide bonds. The van der Waals surface area contributed by atoms with Gasteiger partial charge >= 0.3 is 5.97 Å². The van der Waals surface area contributed by atoms with Gasteiger partial charge in [-0.25, -0.2) is 0 Å². The number of carbonyl (C=O) groups excluding carboxylic acids is 1. The van der Waals surface area contributed by atoms with Crippen molar-refractivity contribution in [3.63, 3.8) is 0 Å². The molecular formula is C8H11ClF2O2. The van der Waals surface area contributed by atoms with Crippen LogP contribution in [0.2, 0.25) is 0 Å². The molecule has 0 aromatic rings. The number of allylic oxidation sites excluding steroid dienone is 2. The second kappa shape index (κ2) is 5.17. The SMILES string of the molecule is C/C=C(\Cl)C(F)(F)CC(=O)OCC. The van der Waals surface area contributed by atoms with Crippen molar-refractivity contribution in [1.82, 2.24) is 0 Å². The van der Waals surface area contributed by atoms with Crippen molar-refractivity contribution in [2.45, 2.75) is 26.2 Å². The predicted molar refractivity (Wildman–Crippen MR) is 45.8 cm³/mol. The van der Waals surface area contributed by atoms with Crippen molar-refractivity contribution in [2.75, 3.05) is 6.61 Å². The van der Waals surface area contributed by atoms with E-state index in [4.69, 9.17) is 11.6 Å². The normalized spacial score (nSPS) is 12.8. The number of rotatable bonds is 4. The molecule has 0 aliphatic rings. The van der Waals surface area contributed by atoms with Gasteiger partial charge in [0, 0.05) is 0 Å². The first-order valence-electron chi connectivity index (χ1n) is 3.79. The molecule has 2 nitrogen and oxygen atoms in total. The Balaban J connectivity index is 4.25. The van der Waals surface area contributed by atoms with Crippen molar-refractivity contribution in [1.29, 1.82) is 0 Å². The Kier molecular flexibility index (Phi) is 4.91. The van der Waals surface area contributed by atoms with Crippen molar-refractivity contribution >= 4 is 17.6 Å². The summed E-state index contributed by atoms with van der Waals surface area (Å²) in [5.74, 6) is -4.27. The van der Waals surface area contributed by atoms with E-state index in [-0.39, 0.29) is 6.61 Å². The molecule has 0 heterocycles. The van der Waals surface area contributed by atoms with E-state index in [1.807, 2.05) is 0 Å². The first-order valence-corrected chi connectivity index (χ1v) is 4.17. The maximum absolute atomic E-state index is 12.9.